The summed E-state index contributed by atoms with van der Waals surface area (Å²) in [6.07, 6.45) is 3.72. The Morgan fingerprint density at radius 1 is 1.18 bits per heavy atom. The van der Waals surface area contributed by atoms with Gasteiger partial charge in [-0.2, -0.15) is 5.10 Å². The maximum atomic E-state index is 5.40. The van der Waals surface area contributed by atoms with E-state index in [2.05, 4.69) is 65.7 Å². The van der Waals surface area contributed by atoms with E-state index in [-0.39, 0.29) is 0 Å². The van der Waals surface area contributed by atoms with E-state index in [4.69, 9.17) is 9.72 Å². The van der Waals surface area contributed by atoms with Gasteiger partial charge in [-0.1, -0.05) is 25.2 Å². The van der Waals surface area contributed by atoms with Crippen molar-refractivity contribution >= 4 is 32.5 Å². The predicted molar refractivity (Wildman–Crippen MR) is 133 cm³/mol. The molecule has 6 heterocycles. The molecule has 1 N–H and O–H groups in total. The van der Waals surface area contributed by atoms with Crippen LogP contribution in [-0.4, -0.2) is 74.4 Å². The molecule has 0 amide bonds. The summed E-state index contributed by atoms with van der Waals surface area (Å²) in [6, 6.07) is 1.04. The lowest BCUT2D eigenvalue weighted by Crippen LogP contribution is -2.59. The number of anilines is 1. The molecule has 0 unspecified atom stereocenters. The highest BCUT2D eigenvalue weighted by molar-refractivity contribution is 7.21. The molecule has 6 rings (SSSR count). The minimum absolute atomic E-state index is 0.350. The second-order valence-electron chi connectivity index (χ2n) is 9.79. The number of piperazine rings is 1. The van der Waals surface area contributed by atoms with Gasteiger partial charge < -0.3 is 14.6 Å². The number of aryl methyl sites for hydroxylation is 1. The largest absolute Gasteiger partial charge is 0.378 e. The fourth-order valence-corrected chi connectivity index (χ4v) is 6.38. The molecule has 2 aliphatic heterocycles. The van der Waals surface area contributed by atoms with Crippen molar-refractivity contribution in [2.45, 2.75) is 52.6 Å². The van der Waals surface area contributed by atoms with E-state index in [0.29, 0.717) is 18.0 Å². The van der Waals surface area contributed by atoms with Crippen molar-refractivity contribution in [2.75, 3.05) is 37.7 Å². The molecule has 0 radical (unpaired) electrons. The smallest absolute Gasteiger partial charge is 0.188 e. The topological polar surface area (TPSA) is 74.6 Å². The molecule has 4 aromatic heterocycles. The van der Waals surface area contributed by atoms with Gasteiger partial charge in [0.25, 0.3) is 0 Å². The fraction of sp³-hybridized carbons (Fsp3) is 0.542. The number of nitrogens with one attached hydrogen (secondary N) is 1. The van der Waals surface area contributed by atoms with E-state index in [1.165, 1.54) is 16.7 Å². The van der Waals surface area contributed by atoms with Gasteiger partial charge >= 0.3 is 0 Å². The average Bonchev–Trinajstić information content (AvgIpc) is 3.43. The van der Waals surface area contributed by atoms with Crippen molar-refractivity contribution in [3.05, 3.63) is 29.2 Å². The van der Waals surface area contributed by atoms with Gasteiger partial charge in [0.2, 0.25) is 0 Å². The highest BCUT2D eigenvalue weighted by atomic mass is 32.1. The molecule has 33 heavy (non-hydrogen) atoms. The molecule has 0 aromatic carbocycles. The van der Waals surface area contributed by atoms with Crippen LogP contribution < -0.4 is 4.90 Å². The Hall–Kier alpha value is -2.49. The first-order valence-electron chi connectivity index (χ1n) is 11.8. The van der Waals surface area contributed by atoms with Gasteiger partial charge in [0, 0.05) is 43.0 Å². The first kappa shape index (κ1) is 21.1. The maximum Gasteiger partial charge on any atom is 0.188 e. The van der Waals surface area contributed by atoms with E-state index >= 15 is 0 Å². The molecule has 4 aromatic rings. The number of hydrogen-bond donors (Lipinski definition) is 1. The minimum Gasteiger partial charge on any atom is -0.378 e. The van der Waals surface area contributed by atoms with E-state index in [9.17, 15) is 0 Å². The van der Waals surface area contributed by atoms with E-state index in [0.717, 1.165) is 65.2 Å². The Morgan fingerprint density at radius 2 is 2.00 bits per heavy atom. The summed E-state index contributed by atoms with van der Waals surface area (Å²) >= 11 is 1.78. The molecule has 1 atom stereocenters. The quantitative estimate of drug-likeness (QED) is 0.491. The predicted octanol–water partition coefficient (Wildman–Crippen LogP) is 3.98. The molecule has 0 aliphatic carbocycles. The minimum atomic E-state index is 0.350. The number of rotatable bonds is 4. The third-order valence-electron chi connectivity index (χ3n) is 7.39. The summed E-state index contributed by atoms with van der Waals surface area (Å²) in [7, 11) is 0. The summed E-state index contributed by atoms with van der Waals surface area (Å²) < 4.78 is 7.28. The van der Waals surface area contributed by atoms with Crippen LogP contribution in [0.2, 0.25) is 0 Å². The second kappa shape index (κ2) is 7.78. The van der Waals surface area contributed by atoms with Gasteiger partial charge in [-0.3, -0.25) is 4.90 Å². The molecule has 8 nitrogen and oxygen atoms in total. The molecule has 174 valence electrons. The number of fused-ring (bicyclic) bond motifs is 2. The van der Waals surface area contributed by atoms with Crippen molar-refractivity contribution in [1.29, 1.82) is 0 Å². The molecule has 0 bridgehead atoms. The van der Waals surface area contributed by atoms with Crippen molar-refractivity contribution in [1.82, 2.24) is 29.5 Å². The number of pyridine rings is 1. The first-order chi connectivity index (χ1) is 15.9. The van der Waals surface area contributed by atoms with Crippen LogP contribution >= 0.6 is 11.3 Å². The second-order valence-corrected chi connectivity index (χ2v) is 10.8. The van der Waals surface area contributed by atoms with E-state index in [1.54, 1.807) is 17.7 Å². The molecular weight excluding hydrogens is 434 g/mol. The fourth-order valence-electron chi connectivity index (χ4n) is 5.26. The van der Waals surface area contributed by atoms with Gasteiger partial charge in [-0.05, 0) is 37.8 Å². The lowest BCUT2D eigenvalue weighted by atomic mass is 9.96. The number of ether oxygens (including phenoxy) is 1. The number of hydrogen-bond acceptors (Lipinski definition) is 7. The number of thiazole rings is 1. The lowest BCUT2D eigenvalue weighted by molar-refractivity contribution is -0.0691. The zero-order valence-electron chi connectivity index (χ0n) is 19.9. The Kier molecular flexibility index (Phi) is 4.97. The third kappa shape index (κ3) is 3.28. The van der Waals surface area contributed by atoms with Crippen LogP contribution in [0.4, 0.5) is 5.13 Å². The Labute approximate surface area is 197 Å². The molecule has 0 saturated carbocycles. The number of aromatic nitrogens is 5. The van der Waals surface area contributed by atoms with Crippen LogP contribution in [0, 0.1) is 13.8 Å². The zero-order chi connectivity index (χ0) is 22.9. The van der Waals surface area contributed by atoms with Gasteiger partial charge in [0.05, 0.1) is 24.9 Å². The molecule has 2 saturated heterocycles. The lowest BCUT2D eigenvalue weighted by Gasteiger charge is -2.45. The third-order valence-corrected chi connectivity index (χ3v) is 8.40. The number of H-pyrrole nitrogens is 1. The monoisotopic (exact) mass is 465 g/mol. The Bertz CT molecular complexity index is 1330. The van der Waals surface area contributed by atoms with E-state index < -0.39 is 0 Å². The number of nitrogens with zero attached hydrogens (tertiary/aromatic N) is 6. The molecule has 2 fully saturated rings. The summed E-state index contributed by atoms with van der Waals surface area (Å²) in [4.78, 5) is 19.6. The summed E-state index contributed by atoms with van der Waals surface area (Å²) in [5.74, 6) is 0.350. The normalized spacial score (nSPS) is 20.4. The highest BCUT2D eigenvalue weighted by Crippen LogP contribution is 2.41. The molecular formula is C24H31N7OS. The summed E-state index contributed by atoms with van der Waals surface area (Å²) in [5, 5.41) is 5.52. The Morgan fingerprint density at radius 3 is 2.70 bits per heavy atom. The molecule has 0 spiro atoms. The van der Waals surface area contributed by atoms with Gasteiger partial charge in [0.1, 0.15) is 16.7 Å². The summed E-state index contributed by atoms with van der Waals surface area (Å²) in [6.45, 7) is 16.0. The van der Waals surface area contributed by atoms with Crippen LogP contribution in [0.1, 0.15) is 43.4 Å². The van der Waals surface area contributed by atoms with Gasteiger partial charge in [-0.15, -0.1) is 0 Å². The standard InChI is InChI=1S/C24H31N7OS/c1-13(2)19-20(18-9-31-22(25-12-26-31)16(5)15(18)4)27-23-21(19)28-24(33-23)30-7-6-29(8-14(30)3)17-10-32-11-17/h9,12-14,17,27H,6-8,10-11H2,1-5H3/t14-/m0/s1. The molecule has 9 heteroatoms. The van der Waals surface area contributed by atoms with Crippen LogP contribution in [0.15, 0.2) is 12.5 Å². The van der Waals surface area contributed by atoms with Gasteiger partial charge in [0.15, 0.2) is 10.8 Å². The van der Waals surface area contributed by atoms with Crippen molar-refractivity contribution in [3.8, 4) is 11.3 Å². The maximum absolute atomic E-state index is 5.40. The molecule has 2 aliphatic rings. The van der Waals surface area contributed by atoms with Crippen LogP contribution in [0.5, 0.6) is 0 Å². The van der Waals surface area contributed by atoms with E-state index in [1.807, 2.05) is 4.52 Å². The van der Waals surface area contributed by atoms with Crippen molar-refractivity contribution < 1.29 is 4.74 Å². The van der Waals surface area contributed by atoms with Crippen molar-refractivity contribution in [3.63, 3.8) is 0 Å². The highest BCUT2D eigenvalue weighted by Gasteiger charge is 2.33. The zero-order valence-corrected chi connectivity index (χ0v) is 20.7. The van der Waals surface area contributed by atoms with Crippen LogP contribution in [-0.2, 0) is 4.74 Å². The first-order valence-corrected chi connectivity index (χ1v) is 12.6. The van der Waals surface area contributed by atoms with Crippen LogP contribution in [0.25, 0.3) is 27.3 Å². The SMILES string of the molecule is Cc1c(-c2[nH]c3sc(N4CCN(C5COC5)C[C@@H]4C)nc3c2C(C)C)cn2ncnc2c1C. The number of aromatic amines is 1. The van der Waals surface area contributed by atoms with Gasteiger partial charge in [-0.25, -0.2) is 14.5 Å². The van der Waals surface area contributed by atoms with Crippen LogP contribution in [0.3, 0.4) is 0 Å². The van der Waals surface area contributed by atoms with Crippen molar-refractivity contribution in [2.24, 2.45) is 0 Å². The average molecular weight is 466 g/mol. The summed E-state index contributed by atoms with van der Waals surface area (Å²) in [5.41, 5.74) is 8.03. The Balaban J connectivity index is 1.38.